The molecule has 0 aliphatic carbocycles. The molecule has 0 aliphatic heterocycles. The van der Waals surface area contributed by atoms with Crippen LogP contribution < -0.4 is 0 Å². The van der Waals surface area contributed by atoms with E-state index in [2.05, 4.69) is 163 Å². The molecule has 0 unspecified atom stereocenters. The lowest BCUT2D eigenvalue weighted by atomic mass is 10.00. The Morgan fingerprint density at radius 3 is 1.40 bits per heavy atom. The van der Waals surface area contributed by atoms with Crippen LogP contribution in [0.2, 0.25) is 0 Å². The second-order valence-electron chi connectivity index (χ2n) is 13.9. The van der Waals surface area contributed by atoms with Crippen molar-refractivity contribution in [3.63, 3.8) is 0 Å². The van der Waals surface area contributed by atoms with Gasteiger partial charge >= 0.3 is 0 Å². The van der Waals surface area contributed by atoms with Gasteiger partial charge in [0.05, 0.1) is 52.1 Å². The van der Waals surface area contributed by atoms with Gasteiger partial charge in [-0.25, -0.2) is 9.69 Å². The largest absolute Gasteiger partial charge is 0.311 e. The van der Waals surface area contributed by atoms with Crippen molar-refractivity contribution in [3.05, 3.63) is 199 Å². The summed E-state index contributed by atoms with van der Waals surface area (Å²) in [7, 11) is 0. The molecule has 8 aromatic carbocycles. The number of rotatable bonds is 4. The van der Waals surface area contributed by atoms with Crippen LogP contribution in [-0.2, 0) is 0 Å². The van der Waals surface area contributed by atoms with Crippen molar-refractivity contribution in [1.82, 2.24) is 13.7 Å². The maximum atomic E-state index is 8.02. The van der Waals surface area contributed by atoms with Crippen molar-refractivity contribution >= 4 is 76.8 Å². The van der Waals surface area contributed by atoms with Crippen LogP contribution in [0.1, 0.15) is 0 Å². The van der Waals surface area contributed by atoms with Gasteiger partial charge in [0.2, 0.25) is 0 Å². The molecule has 0 spiro atoms. The van der Waals surface area contributed by atoms with E-state index in [9.17, 15) is 0 Å². The number of benzene rings is 8. The van der Waals surface area contributed by atoms with Gasteiger partial charge in [0.1, 0.15) is 0 Å². The first-order chi connectivity index (χ1) is 27.2. The highest BCUT2D eigenvalue weighted by Crippen LogP contribution is 2.44. The molecule has 0 saturated carbocycles. The normalized spacial score (nSPS) is 11.6. The average Bonchev–Trinajstić information content (AvgIpc) is 3.89. The molecule has 0 N–H and O–H groups in total. The Bertz CT molecular complexity index is 3420. The molecular formula is C50H29N5. The molecule has 0 radical (unpaired) electrons. The van der Waals surface area contributed by atoms with Gasteiger partial charge < -0.3 is 13.7 Å². The first-order valence-electron chi connectivity index (χ1n) is 18.3. The standard InChI is InChI=1S/C50H29N5/c1-51-32-26-28-38(48(30-32)55-44-22-11-6-17-37(44)39-29-27-33(52-2)31-49(39)55)36-16-5-10-21-43(36)54-45-23-12-7-18-40(45)50-46(24-13-25-47(50)54)53-41-19-8-3-14-34(41)35-15-4-9-20-42(35)53/h3-31H. The van der Waals surface area contributed by atoms with E-state index in [0.717, 1.165) is 61.0 Å². The van der Waals surface area contributed by atoms with Crippen molar-refractivity contribution in [2.24, 2.45) is 0 Å². The van der Waals surface area contributed by atoms with Gasteiger partial charge in [-0.15, -0.1) is 0 Å². The van der Waals surface area contributed by atoms with E-state index in [-0.39, 0.29) is 0 Å². The molecule has 5 nitrogen and oxygen atoms in total. The first-order valence-corrected chi connectivity index (χ1v) is 18.3. The topological polar surface area (TPSA) is 23.5 Å². The molecule has 0 aliphatic rings. The molecule has 55 heavy (non-hydrogen) atoms. The number of aromatic nitrogens is 3. The second kappa shape index (κ2) is 11.8. The third kappa shape index (κ3) is 4.39. The van der Waals surface area contributed by atoms with Crippen LogP contribution in [0, 0.1) is 13.1 Å². The van der Waals surface area contributed by atoms with Crippen molar-refractivity contribution in [1.29, 1.82) is 0 Å². The third-order valence-corrected chi connectivity index (χ3v) is 11.1. The SMILES string of the molecule is [C-]#[N+]c1ccc(-c2ccccc2-n2c3ccccc3c3c(-n4c5ccccc5c5ccccc54)cccc32)c(-n2c3ccccc3c3ccc([N+]#[C-])cc32)c1. The smallest absolute Gasteiger partial charge is 0.189 e. The van der Waals surface area contributed by atoms with E-state index < -0.39 is 0 Å². The Morgan fingerprint density at radius 2 is 0.745 bits per heavy atom. The lowest BCUT2D eigenvalue weighted by molar-refractivity contribution is 1.16. The van der Waals surface area contributed by atoms with Crippen LogP contribution >= 0.6 is 0 Å². The zero-order chi connectivity index (χ0) is 36.6. The minimum Gasteiger partial charge on any atom is -0.311 e. The Morgan fingerprint density at radius 1 is 0.309 bits per heavy atom. The average molecular weight is 700 g/mol. The molecule has 3 aromatic heterocycles. The molecular weight excluding hydrogens is 671 g/mol. The van der Waals surface area contributed by atoms with E-state index in [1.54, 1.807) is 0 Å². The maximum absolute atomic E-state index is 8.02. The van der Waals surface area contributed by atoms with Gasteiger partial charge in [-0.2, -0.15) is 0 Å². The van der Waals surface area contributed by atoms with Crippen LogP contribution in [0.25, 0.3) is 103 Å². The zero-order valence-electron chi connectivity index (χ0n) is 29.5. The highest BCUT2D eigenvalue weighted by molar-refractivity contribution is 6.17. The van der Waals surface area contributed by atoms with E-state index in [1.807, 2.05) is 36.4 Å². The molecule has 0 fully saturated rings. The monoisotopic (exact) mass is 699 g/mol. The fourth-order valence-corrected chi connectivity index (χ4v) is 8.82. The van der Waals surface area contributed by atoms with E-state index >= 15 is 0 Å². The number of nitrogens with zero attached hydrogens (tertiary/aromatic N) is 5. The van der Waals surface area contributed by atoms with Gasteiger partial charge in [-0.05, 0) is 54.6 Å². The third-order valence-electron chi connectivity index (χ3n) is 11.1. The number of hydrogen-bond acceptors (Lipinski definition) is 0. The van der Waals surface area contributed by atoms with E-state index in [1.165, 1.54) is 32.6 Å². The molecule has 11 rings (SSSR count). The minimum absolute atomic E-state index is 0.552. The molecule has 0 saturated heterocycles. The number of fused-ring (bicyclic) bond motifs is 9. The van der Waals surface area contributed by atoms with Crippen LogP contribution in [0.4, 0.5) is 11.4 Å². The summed E-state index contributed by atoms with van der Waals surface area (Å²) >= 11 is 0. The fourth-order valence-electron chi connectivity index (χ4n) is 8.82. The van der Waals surface area contributed by atoms with Crippen molar-refractivity contribution in [2.75, 3.05) is 0 Å². The Balaban J connectivity index is 1.23. The molecule has 0 amide bonds. The summed E-state index contributed by atoms with van der Waals surface area (Å²) in [5.74, 6) is 0. The summed E-state index contributed by atoms with van der Waals surface area (Å²) in [6, 6.07) is 61.4. The zero-order valence-corrected chi connectivity index (χ0v) is 29.5. The predicted molar refractivity (Wildman–Crippen MR) is 227 cm³/mol. The van der Waals surface area contributed by atoms with Gasteiger partial charge in [-0.3, -0.25) is 0 Å². The molecule has 0 bridgehead atoms. The number of hydrogen-bond donors (Lipinski definition) is 0. The molecule has 0 atom stereocenters. The Kier molecular flexibility index (Phi) is 6.61. The highest BCUT2D eigenvalue weighted by atomic mass is 15.0. The predicted octanol–water partition coefficient (Wildman–Crippen LogP) is 13.7. The Labute approximate surface area is 316 Å². The van der Waals surface area contributed by atoms with E-state index in [4.69, 9.17) is 13.1 Å². The van der Waals surface area contributed by atoms with Crippen molar-refractivity contribution in [2.45, 2.75) is 0 Å². The summed E-state index contributed by atoms with van der Waals surface area (Å²) in [5.41, 5.74) is 12.7. The van der Waals surface area contributed by atoms with Crippen molar-refractivity contribution in [3.8, 4) is 28.2 Å². The highest BCUT2D eigenvalue weighted by Gasteiger charge is 2.23. The lowest BCUT2D eigenvalue weighted by Crippen LogP contribution is -2.01. The molecule has 254 valence electrons. The minimum atomic E-state index is 0.552. The molecule has 3 heterocycles. The van der Waals surface area contributed by atoms with Gasteiger partial charge in [0, 0.05) is 54.6 Å². The molecule has 5 heteroatoms. The van der Waals surface area contributed by atoms with Crippen LogP contribution in [0.3, 0.4) is 0 Å². The summed E-state index contributed by atoms with van der Waals surface area (Å²) in [6.07, 6.45) is 0. The van der Waals surface area contributed by atoms with Gasteiger partial charge in [0.25, 0.3) is 0 Å². The quantitative estimate of drug-likeness (QED) is 0.163. The fraction of sp³-hybridized carbons (Fsp3) is 0. The van der Waals surface area contributed by atoms with E-state index in [0.29, 0.717) is 11.4 Å². The lowest BCUT2D eigenvalue weighted by Gasteiger charge is -2.19. The second-order valence-corrected chi connectivity index (χ2v) is 13.9. The maximum Gasteiger partial charge on any atom is 0.189 e. The summed E-state index contributed by atoms with van der Waals surface area (Å²) in [4.78, 5) is 7.67. The number of para-hydroxylation sites is 5. The van der Waals surface area contributed by atoms with Crippen LogP contribution in [-0.4, -0.2) is 13.7 Å². The van der Waals surface area contributed by atoms with Gasteiger partial charge in [-0.1, -0.05) is 121 Å². The summed E-state index contributed by atoms with van der Waals surface area (Å²) in [5, 5.41) is 6.97. The summed E-state index contributed by atoms with van der Waals surface area (Å²) < 4.78 is 7.04. The van der Waals surface area contributed by atoms with Gasteiger partial charge in [0.15, 0.2) is 11.4 Å². The first kappa shape index (κ1) is 30.7. The molecule has 11 aromatic rings. The van der Waals surface area contributed by atoms with Crippen LogP contribution in [0.15, 0.2) is 176 Å². The van der Waals surface area contributed by atoms with Crippen LogP contribution in [0.5, 0.6) is 0 Å². The summed E-state index contributed by atoms with van der Waals surface area (Å²) in [6.45, 7) is 15.8. The Hall–Kier alpha value is -7.86. The van der Waals surface area contributed by atoms with Crippen molar-refractivity contribution < 1.29 is 0 Å².